The number of aryl methyl sites for hydroxylation is 2. The molecule has 1 aliphatic rings. The fraction of sp³-hybridized carbons (Fsp3) is 0.417. The molecule has 11 heteroatoms. The number of H-pyrrole nitrogens is 1. The minimum atomic E-state index is -0.418. The number of unbranched alkanes of at least 4 members (excludes halogenated alkanes) is 1. The van der Waals surface area contributed by atoms with Crippen molar-refractivity contribution < 1.29 is 9.47 Å². The van der Waals surface area contributed by atoms with Crippen LogP contribution in [0.3, 0.4) is 0 Å². The maximum Gasteiger partial charge on any atom is 0.330 e. The van der Waals surface area contributed by atoms with Crippen LogP contribution in [0.5, 0.6) is 11.5 Å². The average Bonchev–Trinajstić information content (AvgIpc) is 3.43. The number of imidazole rings is 2. The monoisotopic (exact) mass is 496 g/mol. The van der Waals surface area contributed by atoms with Gasteiger partial charge in [0.25, 0.3) is 5.56 Å². The lowest BCUT2D eigenvalue weighted by molar-refractivity contribution is 0.171. The van der Waals surface area contributed by atoms with Gasteiger partial charge in [-0.15, -0.1) is 0 Å². The summed E-state index contributed by atoms with van der Waals surface area (Å²) >= 11 is 1.55. The summed E-state index contributed by atoms with van der Waals surface area (Å²) in [5, 5.41) is 0.849. The summed E-state index contributed by atoms with van der Waals surface area (Å²) < 4.78 is 16.8. The Hall–Kier alpha value is -3.47. The lowest BCUT2D eigenvalue weighted by atomic mass is 10.1. The van der Waals surface area contributed by atoms with Gasteiger partial charge in [-0.1, -0.05) is 25.1 Å². The number of rotatable bonds is 8. The zero-order valence-electron chi connectivity index (χ0n) is 20.0. The van der Waals surface area contributed by atoms with Crippen molar-refractivity contribution in [2.24, 2.45) is 7.05 Å². The Labute approximate surface area is 205 Å². The highest BCUT2D eigenvalue weighted by molar-refractivity contribution is 7.98. The number of aromatic nitrogens is 6. The lowest BCUT2D eigenvalue weighted by Crippen LogP contribution is -2.31. The number of benzene rings is 1. The zero-order valence-corrected chi connectivity index (χ0v) is 20.9. The third-order valence-electron chi connectivity index (χ3n) is 6.14. The molecule has 1 N–H and O–H groups in total. The molecule has 0 amide bonds. The quantitative estimate of drug-likeness (QED) is 0.373. The molecule has 0 spiro atoms. The zero-order chi connectivity index (χ0) is 24.5. The van der Waals surface area contributed by atoms with E-state index >= 15 is 0 Å². The molecule has 4 aromatic rings. The number of thioether (sulfide) groups is 1. The van der Waals surface area contributed by atoms with Crippen molar-refractivity contribution >= 4 is 22.9 Å². The molecule has 4 heterocycles. The first-order valence-corrected chi connectivity index (χ1v) is 12.8. The highest BCUT2D eigenvalue weighted by Crippen LogP contribution is 2.36. The first-order valence-electron chi connectivity index (χ1n) is 11.8. The normalized spacial score (nSPS) is 13.0. The van der Waals surface area contributed by atoms with Crippen molar-refractivity contribution in [3.05, 3.63) is 51.1 Å². The topological polar surface area (TPSA) is 109 Å². The van der Waals surface area contributed by atoms with Crippen molar-refractivity contribution in [3.63, 3.8) is 0 Å². The Morgan fingerprint density at radius 1 is 1.11 bits per heavy atom. The van der Waals surface area contributed by atoms with Crippen molar-refractivity contribution in [1.82, 2.24) is 28.7 Å². The molecule has 0 saturated heterocycles. The van der Waals surface area contributed by atoms with Crippen molar-refractivity contribution in [1.29, 1.82) is 0 Å². The maximum atomic E-state index is 12.5. The molecule has 10 nitrogen and oxygen atoms in total. The molecule has 35 heavy (non-hydrogen) atoms. The van der Waals surface area contributed by atoms with E-state index in [1.54, 1.807) is 20.9 Å². The lowest BCUT2D eigenvalue weighted by Gasteiger charge is -2.19. The molecule has 5 rings (SSSR count). The summed E-state index contributed by atoms with van der Waals surface area (Å²) in [6.45, 7) is 6.49. The summed E-state index contributed by atoms with van der Waals surface area (Å²) in [4.78, 5) is 36.7. The number of nitrogens with one attached hydrogen (secondary N) is 1. The molecule has 0 unspecified atom stereocenters. The Morgan fingerprint density at radius 2 is 1.91 bits per heavy atom. The number of ether oxygens (including phenoxy) is 2. The smallest absolute Gasteiger partial charge is 0.330 e. The molecule has 0 radical (unpaired) electrons. The van der Waals surface area contributed by atoms with Crippen LogP contribution in [-0.2, 0) is 25.9 Å². The van der Waals surface area contributed by atoms with Gasteiger partial charge in [-0.25, -0.2) is 14.8 Å². The molecule has 0 fully saturated rings. The molecule has 1 aromatic carbocycles. The van der Waals surface area contributed by atoms with Gasteiger partial charge >= 0.3 is 5.69 Å². The van der Waals surface area contributed by atoms with Gasteiger partial charge in [-0.05, 0) is 31.5 Å². The largest absolute Gasteiger partial charge is 0.486 e. The van der Waals surface area contributed by atoms with Gasteiger partial charge in [-0.2, -0.15) is 0 Å². The number of fused-ring (bicyclic) bond motifs is 2. The highest BCUT2D eigenvalue weighted by Gasteiger charge is 2.19. The summed E-state index contributed by atoms with van der Waals surface area (Å²) in [5.74, 6) is 2.71. The molecule has 0 bridgehead atoms. The molecule has 1 aliphatic heterocycles. The van der Waals surface area contributed by atoms with E-state index in [4.69, 9.17) is 9.47 Å². The third kappa shape index (κ3) is 4.24. The van der Waals surface area contributed by atoms with E-state index in [0.717, 1.165) is 47.3 Å². The molecule has 0 atom stereocenters. The number of aromatic amines is 1. The van der Waals surface area contributed by atoms with Gasteiger partial charge in [0, 0.05) is 25.7 Å². The van der Waals surface area contributed by atoms with Gasteiger partial charge < -0.3 is 18.6 Å². The van der Waals surface area contributed by atoms with Crippen LogP contribution in [0.2, 0.25) is 0 Å². The summed E-state index contributed by atoms with van der Waals surface area (Å²) in [7, 11) is 1.81. The van der Waals surface area contributed by atoms with E-state index in [9.17, 15) is 9.59 Å². The van der Waals surface area contributed by atoms with Crippen LogP contribution in [0.15, 0.2) is 39.1 Å². The second-order valence-corrected chi connectivity index (χ2v) is 9.28. The van der Waals surface area contributed by atoms with Gasteiger partial charge in [0.05, 0.1) is 17.6 Å². The highest BCUT2D eigenvalue weighted by atomic mass is 32.2. The average molecular weight is 497 g/mol. The Morgan fingerprint density at radius 3 is 2.69 bits per heavy atom. The summed E-state index contributed by atoms with van der Waals surface area (Å²) in [6.07, 6.45) is 3.63. The van der Waals surface area contributed by atoms with Crippen molar-refractivity contribution in [3.8, 4) is 22.8 Å². The predicted molar refractivity (Wildman–Crippen MR) is 134 cm³/mol. The predicted octanol–water partition coefficient (Wildman–Crippen LogP) is 3.17. The molecule has 0 aliphatic carbocycles. The van der Waals surface area contributed by atoms with Crippen LogP contribution in [-0.4, -0.2) is 41.9 Å². The Balaban J connectivity index is 1.44. The first-order chi connectivity index (χ1) is 17.0. The van der Waals surface area contributed by atoms with Gasteiger partial charge in [0.15, 0.2) is 27.8 Å². The molecule has 3 aromatic heterocycles. The van der Waals surface area contributed by atoms with Crippen molar-refractivity contribution in [2.45, 2.75) is 50.7 Å². The molecule has 0 saturated carbocycles. The van der Waals surface area contributed by atoms with E-state index in [2.05, 4.69) is 33.4 Å². The second kappa shape index (κ2) is 9.65. The minimum Gasteiger partial charge on any atom is -0.486 e. The maximum absolute atomic E-state index is 12.5. The molecular weight excluding hydrogens is 468 g/mol. The van der Waals surface area contributed by atoms with E-state index in [0.29, 0.717) is 42.5 Å². The molecule has 184 valence electrons. The van der Waals surface area contributed by atoms with Crippen LogP contribution < -0.4 is 20.7 Å². The third-order valence-corrected chi connectivity index (χ3v) is 7.13. The van der Waals surface area contributed by atoms with E-state index in [-0.39, 0.29) is 0 Å². The fourth-order valence-electron chi connectivity index (χ4n) is 4.29. The fourth-order valence-corrected chi connectivity index (χ4v) is 5.31. The van der Waals surface area contributed by atoms with Crippen LogP contribution in [0, 0.1) is 0 Å². The van der Waals surface area contributed by atoms with Crippen LogP contribution in [0.4, 0.5) is 0 Å². The first kappa shape index (κ1) is 23.3. The van der Waals surface area contributed by atoms with Crippen LogP contribution in [0.25, 0.3) is 22.4 Å². The SMILES string of the molecule is CCCCn1c(=O)[nH]c(=O)c2c1nc(CSc1ncc(-c3ccc4c(c3)OCCO4)n1CC)n2C. The second-order valence-electron chi connectivity index (χ2n) is 8.34. The Bertz CT molecular complexity index is 1500. The van der Waals surface area contributed by atoms with Gasteiger partial charge in [0.1, 0.15) is 19.0 Å². The number of hydrogen-bond acceptors (Lipinski definition) is 7. The van der Waals surface area contributed by atoms with E-state index < -0.39 is 11.2 Å². The minimum absolute atomic E-state index is 0.409. The summed E-state index contributed by atoms with van der Waals surface area (Å²) in [5.41, 5.74) is 2.00. The van der Waals surface area contributed by atoms with E-state index in [1.807, 2.05) is 31.4 Å². The Kier molecular flexibility index (Phi) is 6.42. The van der Waals surface area contributed by atoms with Crippen LogP contribution in [0.1, 0.15) is 32.5 Å². The standard InChI is InChI=1S/C24H28N6O4S/c1-4-6-9-30-21-20(22(31)27-23(30)32)28(3)19(26-21)14-35-24-25-13-16(29(24)5-2)15-7-8-17-18(12-15)34-11-10-33-17/h7-8,12-13H,4-6,9-11,14H2,1-3H3,(H,27,31,32). The van der Waals surface area contributed by atoms with Gasteiger partial charge in [0.2, 0.25) is 0 Å². The molecular formula is C24H28N6O4S. The van der Waals surface area contributed by atoms with E-state index in [1.165, 1.54) is 0 Å². The summed E-state index contributed by atoms with van der Waals surface area (Å²) in [6, 6.07) is 5.93. The van der Waals surface area contributed by atoms with Gasteiger partial charge in [-0.3, -0.25) is 14.3 Å². The van der Waals surface area contributed by atoms with Crippen molar-refractivity contribution in [2.75, 3.05) is 13.2 Å². The number of hydrogen-bond donors (Lipinski definition) is 1. The number of nitrogens with zero attached hydrogens (tertiary/aromatic N) is 5. The van der Waals surface area contributed by atoms with Crippen LogP contribution >= 0.6 is 11.8 Å².